The van der Waals surface area contributed by atoms with Crippen LogP contribution < -0.4 is 5.32 Å². The summed E-state index contributed by atoms with van der Waals surface area (Å²) in [6, 6.07) is 16.6. The summed E-state index contributed by atoms with van der Waals surface area (Å²) >= 11 is 0. The first-order valence-corrected chi connectivity index (χ1v) is 8.96. The molecular formula is C21H24N2O2. The number of anilines is 1. The van der Waals surface area contributed by atoms with Crippen LogP contribution in [0.2, 0.25) is 0 Å². The molecule has 25 heavy (non-hydrogen) atoms. The van der Waals surface area contributed by atoms with E-state index in [1.165, 1.54) is 6.42 Å². The Kier molecular flexibility index (Phi) is 5.49. The third-order valence-corrected chi connectivity index (χ3v) is 4.78. The summed E-state index contributed by atoms with van der Waals surface area (Å²) in [7, 11) is 0. The Morgan fingerprint density at radius 2 is 1.72 bits per heavy atom. The molecule has 0 bridgehead atoms. The molecule has 4 heteroatoms. The number of carbonyl (C=O) groups is 2. The van der Waals surface area contributed by atoms with E-state index in [0.717, 1.165) is 25.8 Å². The lowest BCUT2D eigenvalue weighted by atomic mass is 9.99. The fourth-order valence-electron chi connectivity index (χ4n) is 3.35. The molecule has 1 fully saturated rings. The molecule has 0 aromatic heterocycles. The van der Waals surface area contributed by atoms with E-state index in [-0.39, 0.29) is 11.8 Å². The van der Waals surface area contributed by atoms with Crippen LogP contribution in [-0.4, -0.2) is 29.3 Å². The summed E-state index contributed by atoms with van der Waals surface area (Å²) in [5.41, 5.74) is 1.98. The maximum absolute atomic E-state index is 12.8. The molecule has 1 aliphatic rings. The molecule has 0 unspecified atom stereocenters. The Bertz CT molecular complexity index is 725. The summed E-state index contributed by atoms with van der Waals surface area (Å²) in [6.45, 7) is 2.97. The second-order valence-corrected chi connectivity index (χ2v) is 6.45. The predicted octanol–water partition coefficient (Wildman–Crippen LogP) is 4.34. The first-order valence-electron chi connectivity index (χ1n) is 8.96. The molecule has 1 saturated heterocycles. The predicted molar refractivity (Wildman–Crippen MR) is 99.8 cm³/mol. The second-order valence-electron chi connectivity index (χ2n) is 6.45. The van der Waals surface area contributed by atoms with Gasteiger partial charge in [0.25, 0.3) is 11.8 Å². The van der Waals surface area contributed by atoms with E-state index in [1.807, 2.05) is 23.1 Å². The van der Waals surface area contributed by atoms with Gasteiger partial charge in [0.05, 0.1) is 0 Å². The van der Waals surface area contributed by atoms with Gasteiger partial charge in [0.1, 0.15) is 0 Å². The average Bonchev–Trinajstić information content (AvgIpc) is 2.68. The van der Waals surface area contributed by atoms with Gasteiger partial charge in [-0.3, -0.25) is 9.59 Å². The fraction of sp³-hybridized carbons (Fsp3) is 0.333. The van der Waals surface area contributed by atoms with Crippen LogP contribution in [0, 0.1) is 0 Å². The van der Waals surface area contributed by atoms with Crippen LogP contribution in [0.25, 0.3) is 0 Å². The first-order chi connectivity index (χ1) is 12.2. The lowest BCUT2D eigenvalue weighted by Crippen LogP contribution is -2.43. The molecule has 130 valence electrons. The number of amides is 2. The molecule has 2 aromatic rings. The van der Waals surface area contributed by atoms with Crippen LogP contribution in [0.1, 0.15) is 53.3 Å². The van der Waals surface area contributed by atoms with Crippen molar-refractivity contribution in [1.82, 2.24) is 4.90 Å². The Labute approximate surface area is 148 Å². The Morgan fingerprint density at radius 3 is 2.40 bits per heavy atom. The molecule has 4 nitrogen and oxygen atoms in total. The topological polar surface area (TPSA) is 49.4 Å². The minimum atomic E-state index is -0.151. The van der Waals surface area contributed by atoms with Crippen LogP contribution in [0.4, 0.5) is 5.69 Å². The quantitative estimate of drug-likeness (QED) is 0.903. The molecule has 1 heterocycles. The van der Waals surface area contributed by atoms with E-state index in [2.05, 4.69) is 12.2 Å². The number of piperidine rings is 1. The van der Waals surface area contributed by atoms with Crippen LogP contribution in [0.5, 0.6) is 0 Å². The normalized spacial score (nSPS) is 17.2. The summed E-state index contributed by atoms with van der Waals surface area (Å²) in [5.74, 6) is -0.0609. The monoisotopic (exact) mass is 336 g/mol. The van der Waals surface area contributed by atoms with Crippen LogP contribution in [-0.2, 0) is 0 Å². The van der Waals surface area contributed by atoms with Crippen molar-refractivity contribution in [2.24, 2.45) is 0 Å². The number of likely N-dealkylation sites (tertiary alicyclic amines) is 1. The van der Waals surface area contributed by atoms with Gasteiger partial charge < -0.3 is 10.2 Å². The summed E-state index contributed by atoms with van der Waals surface area (Å²) < 4.78 is 0. The molecular weight excluding hydrogens is 312 g/mol. The van der Waals surface area contributed by atoms with Gasteiger partial charge in [-0.05, 0) is 62.1 Å². The van der Waals surface area contributed by atoms with Gasteiger partial charge in [-0.2, -0.15) is 0 Å². The van der Waals surface area contributed by atoms with Crippen molar-refractivity contribution in [3.05, 3.63) is 65.7 Å². The SMILES string of the molecule is CC[C@H]1CCCCN1C(=O)c1ccc(NC(=O)c2ccccc2)cc1. The number of benzene rings is 2. The Morgan fingerprint density at radius 1 is 1.00 bits per heavy atom. The van der Waals surface area contributed by atoms with Crippen molar-refractivity contribution in [3.63, 3.8) is 0 Å². The van der Waals surface area contributed by atoms with Crippen molar-refractivity contribution >= 4 is 17.5 Å². The van der Waals surface area contributed by atoms with Gasteiger partial charge in [0, 0.05) is 29.4 Å². The zero-order chi connectivity index (χ0) is 17.6. The lowest BCUT2D eigenvalue weighted by Gasteiger charge is -2.35. The number of hydrogen-bond donors (Lipinski definition) is 1. The third kappa shape index (κ3) is 4.08. The van der Waals surface area contributed by atoms with E-state index < -0.39 is 0 Å². The molecule has 2 aromatic carbocycles. The molecule has 0 aliphatic carbocycles. The summed E-state index contributed by atoms with van der Waals surface area (Å²) in [4.78, 5) is 26.9. The van der Waals surface area contributed by atoms with Crippen molar-refractivity contribution in [1.29, 1.82) is 0 Å². The smallest absolute Gasteiger partial charge is 0.255 e. The third-order valence-electron chi connectivity index (χ3n) is 4.78. The highest BCUT2D eigenvalue weighted by Gasteiger charge is 2.26. The highest BCUT2D eigenvalue weighted by molar-refractivity contribution is 6.04. The molecule has 0 spiro atoms. The van der Waals surface area contributed by atoms with Crippen LogP contribution in [0.3, 0.4) is 0 Å². The first kappa shape index (κ1) is 17.2. The molecule has 1 N–H and O–H groups in total. The van der Waals surface area contributed by atoms with Crippen molar-refractivity contribution in [2.45, 2.75) is 38.6 Å². The number of rotatable bonds is 4. The largest absolute Gasteiger partial charge is 0.336 e. The fourth-order valence-corrected chi connectivity index (χ4v) is 3.35. The average molecular weight is 336 g/mol. The number of nitrogens with one attached hydrogen (secondary N) is 1. The molecule has 0 radical (unpaired) electrons. The van der Waals surface area contributed by atoms with Gasteiger partial charge in [-0.1, -0.05) is 25.1 Å². The molecule has 1 aliphatic heterocycles. The summed E-state index contributed by atoms with van der Waals surface area (Å²) in [6.07, 6.45) is 4.37. The van der Waals surface area contributed by atoms with Gasteiger partial charge in [0.15, 0.2) is 0 Å². The lowest BCUT2D eigenvalue weighted by molar-refractivity contribution is 0.0608. The van der Waals surface area contributed by atoms with Crippen molar-refractivity contribution < 1.29 is 9.59 Å². The standard InChI is InChI=1S/C21H24N2O2/c1-2-19-10-6-7-15-23(19)21(25)17-11-13-18(14-12-17)22-20(24)16-8-4-3-5-9-16/h3-5,8-9,11-14,19H,2,6-7,10,15H2,1H3,(H,22,24)/t19-/m0/s1. The Hall–Kier alpha value is -2.62. The van der Waals surface area contributed by atoms with Crippen molar-refractivity contribution in [3.8, 4) is 0 Å². The molecule has 2 amide bonds. The minimum Gasteiger partial charge on any atom is -0.336 e. The maximum atomic E-state index is 12.8. The second kappa shape index (κ2) is 7.97. The Balaban J connectivity index is 1.67. The van der Waals surface area contributed by atoms with Crippen molar-refractivity contribution in [2.75, 3.05) is 11.9 Å². The highest BCUT2D eigenvalue weighted by atomic mass is 16.2. The van der Waals surface area contributed by atoms with Crippen LogP contribution >= 0.6 is 0 Å². The minimum absolute atomic E-state index is 0.0903. The van der Waals surface area contributed by atoms with Crippen LogP contribution in [0.15, 0.2) is 54.6 Å². The number of nitrogens with zero attached hydrogens (tertiary/aromatic N) is 1. The van der Waals surface area contributed by atoms with Gasteiger partial charge in [0.2, 0.25) is 0 Å². The molecule has 3 rings (SSSR count). The maximum Gasteiger partial charge on any atom is 0.255 e. The zero-order valence-corrected chi connectivity index (χ0v) is 14.6. The van der Waals surface area contributed by atoms with E-state index in [0.29, 0.717) is 22.9 Å². The van der Waals surface area contributed by atoms with E-state index >= 15 is 0 Å². The summed E-state index contributed by atoms with van der Waals surface area (Å²) in [5, 5.41) is 2.86. The number of carbonyl (C=O) groups excluding carboxylic acids is 2. The van der Waals surface area contributed by atoms with Gasteiger partial charge in [-0.25, -0.2) is 0 Å². The van der Waals surface area contributed by atoms with Gasteiger partial charge >= 0.3 is 0 Å². The molecule has 0 saturated carbocycles. The van der Waals surface area contributed by atoms with E-state index in [1.54, 1.807) is 36.4 Å². The highest BCUT2D eigenvalue weighted by Crippen LogP contribution is 2.22. The number of hydrogen-bond acceptors (Lipinski definition) is 2. The van der Waals surface area contributed by atoms with E-state index in [4.69, 9.17) is 0 Å². The zero-order valence-electron chi connectivity index (χ0n) is 14.6. The molecule has 1 atom stereocenters. The van der Waals surface area contributed by atoms with Gasteiger partial charge in [-0.15, -0.1) is 0 Å². The van der Waals surface area contributed by atoms with E-state index in [9.17, 15) is 9.59 Å².